The van der Waals surface area contributed by atoms with Crippen LogP contribution in [0.5, 0.6) is 0 Å². The minimum absolute atomic E-state index is 0.0400. The van der Waals surface area contributed by atoms with E-state index in [2.05, 4.69) is 6.07 Å². The van der Waals surface area contributed by atoms with Crippen LogP contribution in [0.1, 0.15) is 0 Å². The Morgan fingerprint density at radius 1 is 0.862 bits per heavy atom. The number of fused-ring (bicyclic) bond motifs is 1. The highest BCUT2D eigenvalue weighted by Gasteiger charge is 2.22. The fourth-order valence-corrected chi connectivity index (χ4v) is 5.65. The number of hydrogen-bond donors (Lipinski definition) is 0. The Kier molecular flexibility index (Phi) is 4.58. The lowest BCUT2D eigenvalue weighted by molar-refractivity contribution is 0.652. The molecule has 4 nitrogen and oxygen atoms in total. The first-order valence-corrected chi connectivity index (χ1v) is 10.8. The maximum absolute atomic E-state index is 13.5. The average Bonchev–Trinajstić information content (AvgIpc) is 3.27. The Labute approximate surface area is 176 Å². The fourth-order valence-electron chi connectivity index (χ4n) is 3.43. The van der Waals surface area contributed by atoms with Crippen molar-refractivity contribution in [1.82, 2.24) is 14.3 Å². The van der Waals surface area contributed by atoms with E-state index < -0.39 is 0 Å². The average molecular weight is 416 g/mol. The van der Waals surface area contributed by atoms with Gasteiger partial charge in [-0.05, 0) is 24.3 Å². The maximum Gasteiger partial charge on any atom is 0.286 e. The predicted octanol–water partition coefficient (Wildman–Crippen LogP) is 5.60. The van der Waals surface area contributed by atoms with Crippen LogP contribution in [0.4, 0.5) is 0 Å². The second-order valence-corrected chi connectivity index (χ2v) is 8.86. The van der Waals surface area contributed by atoms with Crippen LogP contribution in [-0.4, -0.2) is 14.3 Å². The van der Waals surface area contributed by atoms with Gasteiger partial charge in [-0.25, -0.2) is 9.67 Å². The van der Waals surface area contributed by atoms with E-state index in [4.69, 9.17) is 4.98 Å². The molecule has 0 aliphatic carbocycles. The van der Waals surface area contributed by atoms with Gasteiger partial charge in [0.2, 0.25) is 0 Å². The molecule has 3 aromatic carbocycles. The highest BCUT2D eigenvalue weighted by atomic mass is 32.2. The predicted molar refractivity (Wildman–Crippen MR) is 120 cm³/mol. The van der Waals surface area contributed by atoms with E-state index >= 15 is 0 Å². The van der Waals surface area contributed by atoms with Gasteiger partial charge in [0.1, 0.15) is 4.90 Å². The molecule has 0 radical (unpaired) electrons. The fraction of sp³-hybridized carbons (Fsp3) is 0.0435. The van der Waals surface area contributed by atoms with Crippen LogP contribution >= 0.6 is 23.1 Å². The topological polar surface area (TPSA) is 39.8 Å². The largest absolute Gasteiger partial charge is 0.286 e. The molecule has 0 amide bonds. The number of benzene rings is 3. The van der Waals surface area contributed by atoms with Crippen LogP contribution < -0.4 is 5.56 Å². The van der Waals surface area contributed by atoms with E-state index in [-0.39, 0.29) is 5.56 Å². The van der Waals surface area contributed by atoms with Gasteiger partial charge < -0.3 is 0 Å². The molecule has 142 valence electrons. The van der Waals surface area contributed by atoms with Crippen molar-refractivity contribution < 1.29 is 0 Å². The summed E-state index contributed by atoms with van der Waals surface area (Å²) in [7, 11) is 1.93. The highest BCUT2D eigenvalue weighted by Crippen LogP contribution is 2.38. The zero-order valence-corrected chi connectivity index (χ0v) is 17.3. The number of nitrogens with zero attached hydrogens (tertiary/aromatic N) is 3. The first-order valence-electron chi connectivity index (χ1n) is 9.18. The van der Waals surface area contributed by atoms with Crippen molar-refractivity contribution >= 4 is 33.3 Å². The third kappa shape index (κ3) is 3.20. The number of aromatic nitrogens is 3. The second-order valence-electron chi connectivity index (χ2n) is 6.57. The number of rotatable bonds is 4. The first kappa shape index (κ1) is 18.0. The molecule has 2 aromatic heterocycles. The number of thiazole rings is 1. The van der Waals surface area contributed by atoms with Crippen molar-refractivity contribution in [1.29, 1.82) is 0 Å². The summed E-state index contributed by atoms with van der Waals surface area (Å²) in [5.41, 5.74) is 3.66. The molecule has 0 spiro atoms. The van der Waals surface area contributed by atoms with Crippen LogP contribution in [0.2, 0.25) is 0 Å². The molecule has 0 saturated heterocycles. The van der Waals surface area contributed by atoms with Gasteiger partial charge in [0.25, 0.3) is 5.56 Å². The third-order valence-electron chi connectivity index (χ3n) is 4.74. The van der Waals surface area contributed by atoms with E-state index in [0.29, 0.717) is 4.90 Å². The molecule has 5 aromatic rings. The van der Waals surface area contributed by atoms with Crippen molar-refractivity contribution in [2.45, 2.75) is 9.24 Å². The second kappa shape index (κ2) is 7.39. The van der Waals surface area contributed by atoms with Crippen molar-refractivity contribution in [3.05, 3.63) is 95.3 Å². The summed E-state index contributed by atoms with van der Waals surface area (Å²) in [6.07, 6.45) is 0. The van der Waals surface area contributed by atoms with Crippen LogP contribution in [0.25, 0.3) is 27.2 Å². The standard InChI is InChI=1S/C23H17N3OS2/c1-25-20(16-10-4-2-5-11-16)21(22(27)26(25)17-12-6-3-7-13-17)29-23-24-18-14-8-9-15-19(18)28-23/h2-15H,1H3. The van der Waals surface area contributed by atoms with Crippen molar-refractivity contribution in [3.8, 4) is 16.9 Å². The first-order chi connectivity index (χ1) is 14.2. The smallest absolute Gasteiger partial charge is 0.279 e. The van der Waals surface area contributed by atoms with Gasteiger partial charge >= 0.3 is 0 Å². The van der Waals surface area contributed by atoms with E-state index in [1.165, 1.54) is 11.8 Å². The molecular weight excluding hydrogens is 398 g/mol. The Hall–Kier alpha value is -3.09. The van der Waals surface area contributed by atoms with Crippen LogP contribution in [-0.2, 0) is 7.05 Å². The summed E-state index contributed by atoms with van der Waals surface area (Å²) in [4.78, 5) is 18.9. The van der Waals surface area contributed by atoms with Gasteiger partial charge in [-0.15, -0.1) is 11.3 Å². The minimum Gasteiger partial charge on any atom is -0.279 e. The van der Waals surface area contributed by atoms with Gasteiger partial charge in [-0.3, -0.25) is 9.48 Å². The van der Waals surface area contributed by atoms with Gasteiger partial charge in [-0.1, -0.05) is 72.4 Å². The molecule has 0 fully saturated rings. The van der Waals surface area contributed by atoms with Crippen LogP contribution in [0, 0.1) is 0 Å². The highest BCUT2D eigenvalue weighted by molar-refractivity contribution is 8.01. The Balaban J connectivity index is 1.72. The normalized spacial score (nSPS) is 11.2. The van der Waals surface area contributed by atoms with E-state index in [1.807, 2.05) is 90.6 Å². The summed E-state index contributed by atoms with van der Waals surface area (Å²) in [5, 5.41) is 0. The molecule has 0 saturated carbocycles. The van der Waals surface area contributed by atoms with Crippen molar-refractivity contribution in [2.24, 2.45) is 7.05 Å². The minimum atomic E-state index is -0.0400. The molecule has 0 N–H and O–H groups in total. The number of para-hydroxylation sites is 2. The van der Waals surface area contributed by atoms with Gasteiger partial charge in [0, 0.05) is 12.6 Å². The molecule has 5 rings (SSSR count). The van der Waals surface area contributed by atoms with E-state index in [0.717, 1.165) is 31.5 Å². The number of hydrogen-bond acceptors (Lipinski definition) is 4. The summed E-state index contributed by atoms with van der Waals surface area (Å²) < 4.78 is 5.64. The molecule has 0 aliphatic heterocycles. The molecule has 0 unspecified atom stereocenters. The SMILES string of the molecule is Cn1c(-c2ccccc2)c(Sc2nc3ccccc3s2)c(=O)n1-c1ccccc1. The van der Waals surface area contributed by atoms with Gasteiger partial charge in [0.15, 0.2) is 4.34 Å². The lowest BCUT2D eigenvalue weighted by Crippen LogP contribution is -2.19. The molecular formula is C23H17N3OS2. The van der Waals surface area contributed by atoms with Crippen molar-refractivity contribution in [2.75, 3.05) is 0 Å². The van der Waals surface area contributed by atoms with Crippen LogP contribution in [0.3, 0.4) is 0 Å². The zero-order chi connectivity index (χ0) is 19.8. The van der Waals surface area contributed by atoms with E-state index in [1.54, 1.807) is 16.0 Å². The Bertz CT molecular complexity index is 1320. The quantitative estimate of drug-likeness (QED) is 0.383. The monoisotopic (exact) mass is 415 g/mol. The third-order valence-corrected chi connectivity index (χ3v) is 6.91. The molecule has 0 atom stereocenters. The molecule has 0 aliphatic rings. The van der Waals surface area contributed by atoms with Gasteiger partial charge in [0.05, 0.1) is 21.6 Å². The van der Waals surface area contributed by atoms with Crippen molar-refractivity contribution in [3.63, 3.8) is 0 Å². The maximum atomic E-state index is 13.5. The zero-order valence-electron chi connectivity index (χ0n) is 15.6. The molecule has 0 bridgehead atoms. The lowest BCUT2D eigenvalue weighted by atomic mass is 10.1. The molecule has 6 heteroatoms. The lowest BCUT2D eigenvalue weighted by Gasteiger charge is -2.10. The Morgan fingerprint density at radius 3 is 2.24 bits per heavy atom. The summed E-state index contributed by atoms with van der Waals surface area (Å²) >= 11 is 3.05. The molecule has 2 heterocycles. The van der Waals surface area contributed by atoms with E-state index in [9.17, 15) is 4.79 Å². The summed E-state index contributed by atoms with van der Waals surface area (Å²) in [6.45, 7) is 0. The summed E-state index contributed by atoms with van der Waals surface area (Å²) in [5.74, 6) is 0. The Morgan fingerprint density at radius 2 is 1.52 bits per heavy atom. The molecule has 29 heavy (non-hydrogen) atoms. The van der Waals surface area contributed by atoms with Crippen LogP contribution in [0.15, 0.2) is 99.0 Å². The summed E-state index contributed by atoms with van der Waals surface area (Å²) in [6, 6.07) is 27.8. The van der Waals surface area contributed by atoms with Gasteiger partial charge in [-0.2, -0.15) is 0 Å².